The number of carboxylic acid groups (broad SMARTS) is 3. The largest absolute Gasteiger partial charge is 0.480 e. The monoisotopic (exact) mass is 248 g/mol. The zero-order chi connectivity index (χ0) is 14.9. The van der Waals surface area contributed by atoms with Gasteiger partial charge < -0.3 is 20.4 Å². The average Bonchev–Trinajstić information content (AvgIpc) is 2.32. The first-order valence-corrected chi connectivity index (χ1v) is 3.85. The van der Waals surface area contributed by atoms with Crippen molar-refractivity contribution in [2.24, 2.45) is 0 Å². The molecule has 0 saturated carbocycles. The fourth-order valence-electron chi connectivity index (χ4n) is 0. The Hall–Kier alpha value is -2.41. The van der Waals surface area contributed by atoms with Crippen LogP contribution in [0.1, 0.15) is 0 Å². The van der Waals surface area contributed by atoms with Crippen LogP contribution in [0.15, 0.2) is 38.5 Å². The van der Waals surface area contributed by atoms with Crippen molar-refractivity contribution in [3.05, 3.63) is 38.5 Å². The first kappa shape index (κ1) is 24.0. The van der Waals surface area contributed by atoms with E-state index in [1.165, 1.54) is 0 Å². The third-order valence-corrected chi connectivity index (χ3v) is 0.485. The molecule has 0 bridgehead atoms. The minimum Gasteiger partial charge on any atom is -0.480 e. The van der Waals surface area contributed by atoms with Crippen molar-refractivity contribution in [3.63, 3.8) is 0 Å². The van der Waals surface area contributed by atoms with Crippen LogP contribution < -0.4 is 0 Å². The van der Waals surface area contributed by atoms with Crippen LogP contribution >= 0.6 is 0 Å². The average molecular weight is 248 g/mol. The predicted molar refractivity (Wildman–Crippen MR) is 61.6 cm³/mol. The first-order valence-electron chi connectivity index (χ1n) is 3.85. The van der Waals surface area contributed by atoms with Gasteiger partial charge in [-0.2, -0.15) is 0 Å². The fraction of sp³-hybridized carbons (Fsp3) is 0.100. The molecule has 0 spiro atoms. The summed E-state index contributed by atoms with van der Waals surface area (Å²) in [4.78, 5) is 27.6. The number of aliphatic hydroxyl groups excluding tert-OH is 1. The maximum atomic E-state index is 9.25. The Balaban J connectivity index is -0.0000000693. The van der Waals surface area contributed by atoms with E-state index in [0.29, 0.717) is 0 Å². The van der Waals surface area contributed by atoms with E-state index >= 15 is 0 Å². The molecule has 17 heavy (non-hydrogen) atoms. The summed E-state index contributed by atoms with van der Waals surface area (Å²) in [5.41, 5.74) is 0. The number of hydrogen-bond acceptors (Lipinski definition) is 4. The van der Waals surface area contributed by atoms with Gasteiger partial charge in [0.05, 0.1) is 0 Å². The van der Waals surface area contributed by atoms with Gasteiger partial charge in [0.2, 0.25) is 0 Å². The number of carbonyl (C=O) groups is 3. The normalized spacial score (nSPS) is 6.18. The molecule has 7 nitrogen and oxygen atoms in total. The Kier molecular flexibility index (Phi) is 33.1. The molecule has 0 heterocycles. The van der Waals surface area contributed by atoms with Crippen LogP contribution in [0.3, 0.4) is 0 Å². The van der Waals surface area contributed by atoms with Gasteiger partial charge in [-0.15, -0.1) is 13.2 Å². The summed E-state index contributed by atoms with van der Waals surface area (Å²) in [7, 11) is 0. The lowest BCUT2D eigenvalue weighted by Gasteiger charge is -1.72. The van der Waals surface area contributed by atoms with Crippen molar-refractivity contribution < 1.29 is 34.8 Å². The summed E-state index contributed by atoms with van der Waals surface area (Å²) in [6.07, 6.45) is 1.67. The Labute approximate surface area is 98.6 Å². The van der Waals surface area contributed by atoms with E-state index in [2.05, 4.69) is 26.3 Å². The molecule has 0 atom stereocenters. The molecule has 0 unspecified atom stereocenters. The van der Waals surface area contributed by atoms with Crippen molar-refractivity contribution in [2.45, 2.75) is 0 Å². The summed E-state index contributed by atoms with van der Waals surface area (Å²) in [6.45, 7) is 11.1. The standard InChI is InChI=1S/2C3H4O2.C2H4O3.C2H4/c2*1-2-3(4)5;3-1-2(4)5;1-2/h2*2H,1H2,(H,4,5);3H,1H2,(H,4,5);1-2H2. The molecule has 0 saturated heterocycles. The molecule has 0 aromatic heterocycles. The van der Waals surface area contributed by atoms with Crippen LogP contribution in [0.25, 0.3) is 0 Å². The molecule has 4 N–H and O–H groups in total. The molecule has 0 aromatic rings. The second-order valence-corrected chi connectivity index (χ2v) is 1.64. The van der Waals surface area contributed by atoms with Gasteiger partial charge in [-0.3, -0.25) is 0 Å². The Morgan fingerprint density at radius 1 is 0.882 bits per heavy atom. The van der Waals surface area contributed by atoms with Gasteiger partial charge in [-0.1, -0.05) is 13.2 Å². The van der Waals surface area contributed by atoms with Crippen molar-refractivity contribution in [3.8, 4) is 0 Å². The summed E-state index contributed by atoms with van der Waals surface area (Å²) in [5, 5.41) is 30.2. The van der Waals surface area contributed by atoms with Crippen LogP contribution in [0.4, 0.5) is 0 Å². The molecule has 0 fully saturated rings. The third-order valence-electron chi connectivity index (χ3n) is 0.485. The minimum atomic E-state index is -1.19. The van der Waals surface area contributed by atoms with Crippen molar-refractivity contribution in [2.75, 3.05) is 6.61 Å². The second-order valence-electron chi connectivity index (χ2n) is 1.64. The van der Waals surface area contributed by atoms with Gasteiger partial charge in [-0.05, 0) is 0 Å². The van der Waals surface area contributed by atoms with Crippen LogP contribution in [0.5, 0.6) is 0 Å². The Morgan fingerprint density at radius 3 is 1.00 bits per heavy atom. The fourth-order valence-corrected chi connectivity index (χ4v) is 0. The van der Waals surface area contributed by atoms with Gasteiger partial charge in [0.1, 0.15) is 6.61 Å². The second kappa shape index (κ2) is 23.4. The van der Waals surface area contributed by atoms with E-state index in [1.807, 2.05) is 0 Å². The summed E-state index contributed by atoms with van der Waals surface area (Å²) in [6, 6.07) is 0. The van der Waals surface area contributed by atoms with Gasteiger partial charge in [-0.25, -0.2) is 14.4 Å². The number of aliphatic carboxylic acids is 3. The Bertz CT molecular complexity index is 227. The van der Waals surface area contributed by atoms with Crippen LogP contribution in [-0.2, 0) is 14.4 Å². The predicted octanol–water partition coefficient (Wildman–Crippen LogP) is 0.380. The zero-order valence-electron chi connectivity index (χ0n) is 9.20. The highest BCUT2D eigenvalue weighted by Gasteiger charge is 1.82. The lowest BCUT2D eigenvalue weighted by Crippen LogP contribution is -1.98. The number of aliphatic hydroxyl groups is 1. The summed E-state index contributed by atoms with van der Waals surface area (Å²) >= 11 is 0. The maximum Gasteiger partial charge on any atom is 0.329 e. The van der Waals surface area contributed by atoms with E-state index in [1.54, 1.807) is 0 Å². The molecule has 0 rings (SSSR count). The van der Waals surface area contributed by atoms with Crippen LogP contribution in [-0.4, -0.2) is 44.9 Å². The molecule has 0 radical (unpaired) electrons. The van der Waals surface area contributed by atoms with E-state index in [-0.39, 0.29) is 0 Å². The molecule has 0 aliphatic heterocycles. The van der Waals surface area contributed by atoms with Gasteiger partial charge in [0.25, 0.3) is 0 Å². The van der Waals surface area contributed by atoms with E-state index in [0.717, 1.165) is 12.2 Å². The van der Waals surface area contributed by atoms with Gasteiger partial charge in [0.15, 0.2) is 0 Å². The van der Waals surface area contributed by atoms with E-state index in [9.17, 15) is 9.59 Å². The number of hydrogen-bond donors (Lipinski definition) is 4. The Morgan fingerprint density at radius 2 is 1.00 bits per heavy atom. The number of carboxylic acids is 3. The summed E-state index contributed by atoms with van der Waals surface area (Å²) in [5.74, 6) is -3.15. The molecule has 0 amide bonds. The van der Waals surface area contributed by atoms with Crippen LogP contribution in [0, 0.1) is 0 Å². The maximum absolute atomic E-state index is 9.25. The highest BCUT2D eigenvalue weighted by Crippen LogP contribution is 1.55. The molecular formula is C10H16O7. The molecule has 0 aliphatic rings. The van der Waals surface area contributed by atoms with Crippen molar-refractivity contribution >= 4 is 17.9 Å². The highest BCUT2D eigenvalue weighted by atomic mass is 16.4. The first-order chi connectivity index (χ1) is 7.81. The minimum absolute atomic E-state index is 0.778. The molecule has 0 aliphatic carbocycles. The van der Waals surface area contributed by atoms with Crippen molar-refractivity contribution in [1.82, 2.24) is 0 Å². The SMILES string of the molecule is C=C.C=CC(=O)O.C=CC(=O)O.O=C(O)CO. The lowest BCUT2D eigenvalue weighted by atomic mass is 10.7. The highest BCUT2D eigenvalue weighted by molar-refractivity contribution is 5.79. The molecular weight excluding hydrogens is 232 g/mol. The van der Waals surface area contributed by atoms with Crippen molar-refractivity contribution in [1.29, 1.82) is 0 Å². The smallest absolute Gasteiger partial charge is 0.329 e. The summed E-state index contributed by atoms with van der Waals surface area (Å²) < 4.78 is 0. The third kappa shape index (κ3) is 142. The lowest BCUT2D eigenvalue weighted by molar-refractivity contribution is -0.140. The molecule has 98 valence electrons. The molecule has 0 aromatic carbocycles. The van der Waals surface area contributed by atoms with E-state index in [4.69, 9.17) is 25.2 Å². The van der Waals surface area contributed by atoms with Crippen LogP contribution in [0.2, 0.25) is 0 Å². The van der Waals surface area contributed by atoms with Gasteiger partial charge >= 0.3 is 17.9 Å². The topological polar surface area (TPSA) is 132 Å². The quantitative estimate of drug-likeness (QED) is 0.419. The zero-order valence-corrected chi connectivity index (χ0v) is 9.20. The van der Waals surface area contributed by atoms with E-state index < -0.39 is 24.5 Å². The van der Waals surface area contributed by atoms with Gasteiger partial charge in [0, 0.05) is 12.2 Å². The number of rotatable bonds is 3. The molecule has 7 heteroatoms.